The standard InChI is InChI=1S/C22H20N4O2/c27-22(20-10-8-19(9-11-20)14-26-17-23-16-24-26)25(15-21-7-4-12-28-21)13-18-5-2-1-3-6-18/h1-12,16-17H,13-15H2. The molecule has 0 saturated carbocycles. The van der Waals surface area contributed by atoms with Crippen LogP contribution in [-0.2, 0) is 19.6 Å². The topological polar surface area (TPSA) is 64.2 Å². The number of hydrogen-bond acceptors (Lipinski definition) is 4. The molecule has 0 bridgehead atoms. The molecular weight excluding hydrogens is 352 g/mol. The Kier molecular flexibility index (Phi) is 5.29. The Labute approximate surface area is 163 Å². The molecule has 0 aliphatic carbocycles. The number of aromatic nitrogens is 3. The summed E-state index contributed by atoms with van der Waals surface area (Å²) in [7, 11) is 0. The highest BCUT2D eigenvalue weighted by molar-refractivity contribution is 5.94. The molecule has 0 aliphatic heterocycles. The van der Waals surface area contributed by atoms with Crippen molar-refractivity contribution >= 4 is 5.91 Å². The first kappa shape index (κ1) is 17.7. The van der Waals surface area contributed by atoms with E-state index < -0.39 is 0 Å². The van der Waals surface area contributed by atoms with Crippen LogP contribution in [0.15, 0.2) is 90.1 Å². The van der Waals surface area contributed by atoms with Crippen molar-refractivity contribution in [3.05, 3.63) is 108 Å². The number of benzene rings is 2. The van der Waals surface area contributed by atoms with Crippen LogP contribution in [-0.4, -0.2) is 25.6 Å². The van der Waals surface area contributed by atoms with E-state index in [9.17, 15) is 4.79 Å². The Balaban J connectivity index is 1.52. The van der Waals surface area contributed by atoms with Crippen LogP contribution < -0.4 is 0 Å². The molecule has 2 heterocycles. The highest BCUT2D eigenvalue weighted by Crippen LogP contribution is 2.15. The van der Waals surface area contributed by atoms with Crippen LogP contribution in [0.5, 0.6) is 0 Å². The Hall–Kier alpha value is -3.67. The first-order valence-corrected chi connectivity index (χ1v) is 9.05. The average molecular weight is 372 g/mol. The molecule has 0 N–H and O–H groups in total. The average Bonchev–Trinajstić information content (AvgIpc) is 3.43. The molecule has 4 aromatic rings. The van der Waals surface area contributed by atoms with E-state index in [4.69, 9.17) is 4.42 Å². The molecule has 0 unspecified atom stereocenters. The SMILES string of the molecule is O=C(c1ccc(Cn2cncn2)cc1)N(Cc1ccccc1)Cc1ccco1. The molecule has 0 fully saturated rings. The van der Waals surface area contributed by atoms with Gasteiger partial charge in [-0.1, -0.05) is 42.5 Å². The van der Waals surface area contributed by atoms with Gasteiger partial charge >= 0.3 is 0 Å². The minimum atomic E-state index is -0.0347. The third kappa shape index (κ3) is 4.35. The van der Waals surface area contributed by atoms with E-state index in [1.165, 1.54) is 6.33 Å². The summed E-state index contributed by atoms with van der Waals surface area (Å²) < 4.78 is 7.20. The van der Waals surface area contributed by atoms with Crippen molar-refractivity contribution in [3.63, 3.8) is 0 Å². The normalized spacial score (nSPS) is 10.7. The lowest BCUT2D eigenvalue weighted by Gasteiger charge is -2.22. The van der Waals surface area contributed by atoms with Gasteiger partial charge in [-0.15, -0.1) is 0 Å². The van der Waals surface area contributed by atoms with Crippen molar-refractivity contribution in [1.82, 2.24) is 19.7 Å². The molecule has 140 valence electrons. The van der Waals surface area contributed by atoms with Crippen LogP contribution in [0.3, 0.4) is 0 Å². The van der Waals surface area contributed by atoms with Crippen LogP contribution in [0, 0.1) is 0 Å². The van der Waals surface area contributed by atoms with Gasteiger partial charge in [0.25, 0.3) is 5.91 Å². The summed E-state index contributed by atoms with van der Waals surface area (Å²) in [5.74, 6) is 0.722. The summed E-state index contributed by atoms with van der Waals surface area (Å²) in [6, 6.07) is 21.3. The van der Waals surface area contributed by atoms with E-state index in [0.29, 0.717) is 25.2 Å². The van der Waals surface area contributed by atoms with Crippen molar-refractivity contribution in [1.29, 1.82) is 0 Å². The zero-order chi connectivity index (χ0) is 19.2. The number of furan rings is 1. The number of carbonyl (C=O) groups excluding carboxylic acids is 1. The molecule has 2 aromatic heterocycles. The summed E-state index contributed by atoms with van der Waals surface area (Å²) in [6.07, 6.45) is 4.80. The van der Waals surface area contributed by atoms with E-state index in [1.54, 1.807) is 22.2 Å². The molecular formula is C22H20N4O2. The Bertz CT molecular complexity index is 995. The zero-order valence-corrected chi connectivity index (χ0v) is 15.3. The lowest BCUT2D eigenvalue weighted by Crippen LogP contribution is -2.30. The summed E-state index contributed by atoms with van der Waals surface area (Å²) in [5, 5.41) is 4.11. The first-order chi connectivity index (χ1) is 13.8. The first-order valence-electron chi connectivity index (χ1n) is 9.05. The van der Waals surface area contributed by atoms with Crippen molar-refractivity contribution in [2.24, 2.45) is 0 Å². The molecule has 0 spiro atoms. The molecule has 2 aromatic carbocycles. The fraction of sp³-hybridized carbons (Fsp3) is 0.136. The van der Waals surface area contributed by atoms with Gasteiger partial charge in [0.05, 0.1) is 19.4 Å². The Morgan fingerprint density at radius 2 is 1.75 bits per heavy atom. The third-order valence-electron chi connectivity index (χ3n) is 4.44. The maximum Gasteiger partial charge on any atom is 0.254 e. The molecule has 0 radical (unpaired) electrons. The zero-order valence-electron chi connectivity index (χ0n) is 15.3. The van der Waals surface area contributed by atoms with Crippen LogP contribution in [0.4, 0.5) is 0 Å². The second-order valence-corrected chi connectivity index (χ2v) is 6.52. The van der Waals surface area contributed by atoms with E-state index in [0.717, 1.165) is 16.9 Å². The van der Waals surface area contributed by atoms with E-state index >= 15 is 0 Å². The molecule has 0 aliphatic rings. The monoisotopic (exact) mass is 372 g/mol. The molecule has 1 amide bonds. The largest absolute Gasteiger partial charge is 0.467 e. The summed E-state index contributed by atoms with van der Waals surface area (Å²) in [4.78, 5) is 18.9. The predicted molar refractivity (Wildman–Crippen MR) is 104 cm³/mol. The van der Waals surface area contributed by atoms with Gasteiger partial charge in [0.2, 0.25) is 0 Å². The van der Waals surface area contributed by atoms with Crippen molar-refractivity contribution in [2.45, 2.75) is 19.6 Å². The summed E-state index contributed by atoms with van der Waals surface area (Å²) >= 11 is 0. The number of hydrogen-bond donors (Lipinski definition) is 0. The number of carbonyl (C=O) groups is 1. The van der Waals surface area contributed by atoms with Crippen molar-refractivity contribution < 1.29 is 9.21 Å². The van der Waals surface area contributed by atoms with Crippen LogP contribution >= 0.6 is 0 Å². The van der Waals surface area contributed by atoms with Gasteiger partial charge in [-0.2, -0.15) is 5.10 Å². The number of rotatable bonds is 7. The van der Waals surface area contributed by atoms with E-state index in [-0.39, 0.29) is 5.91 Å². The Morgan fingerprint density at radius 3 is 2.43 bits per heavy atom. The quantitative estimate of drug-likeness (QED) is 0.495. The van der Waals surface area contributed by atoms with Gasteiger partial charge in [-0.3, -0.25) is 4.79 Å². The molecule has 6 nitrogen and oxygen atoms in total. The van der Waals surface area contributed by atoms with Gasteiger partial charge in [-0.05, 0) is 35.4 Å². The van der Waals surface area contributed by atoms with Crippen LogP contribution in [0.2, 0.25) is 0 Å². The second kappa shape index (κ2) is 8.35. The maximum atomic E-state index is 13.2. The molecule has 4 rings (SSSR count). The number of nitrogens with zero attached hydrogens (tertiary/aromatic N) is 4. The second-order valence-electron chi connectivity index (χ2n) is 6.52. The van der Waals surface area contributed by atoms with Gasteiger partial charge < -0.3 is 9.32 Å². The summed E-state index contributed by atoms with van der Waals surface area (Å²) in [5.41, 5.74) is 2.78. The minimum absolute atomic E-state index is 0.0347. The molecule has 0 saturated heterocycles. The van der Waals surface area contributed by atoms with Crippen molar-refractivity contribution in [3.8, 4) is 0 Å². The predicted octanol–water partition coefficient (Wildman–Crippen LogP) is 3.76. The smallest absolute Gasteiger partial charge is 0.254 e. The highest BCUT2D eigenvalue weighted by atomic mass is 16.3. The van der Waals surface area contributed by atoms with E-state index in [1.807, 2.05) is 66.7 Å². The molecule has 0 atom stereocenters. The molecule has 28 heavy (non-hydrogen) atoms. The molecule has 6 heteroatoms. The van der Waals surface area contributed by atoms with Crippen LogP contribution in [0.25, 0.3) is 0 Å². The Morgan fingerprint density at radius 1 is 0.929 bits per heavy atom. The van der Waals surface area contributed by atoms with Gasteiger partial charge in [0.15, 0.2) is 0 Å². The lowest BCUT2D eigenvalue weighted by molar-refractivity contribution is 0.0717. The van der Waals surface area contributed by atoms with Crippen molar-refractivity contribution in [2.75, 3.05) is 0 Å². The fourth-order valence-corrected chi connectivity index (χ4v) is 3.03. The number of amides is 1. The van der Waals surface area contributed by atoms with Gasteiger partial charge in [0.1, 0.15) is 18.4 Å². The van der Waals surface area contributed by atoms with Gasteiger partial charge in [-0.25, -0.2) is 9.67 Å². The lowest BCUT2D eigenvalue weighted by atomic mass is 10.1. The highest BCUT2D eigenvalue weighted by Gasteiger charge is 2.18. The van der Waals surface area contributed by atoms with Gasteiger partial charge in [0, 0.05) is 12.1 Å². The van der Waals surface area contributed by atoms with Crippen LogP contribution in [0.1, 0.15) is 27.2 Å². The van der Waals surface area contributed by atoms with E-state index in [2.05, 4.69) is 10.1 Å². The minimum Gasteiger partial charge on any atom is -0.467 e. The summed E-state index contributed by atoms with van der Waals surface area (Å²) in [6.45, 7) is 1.55. The third-order valence-corrected chi connectivity index (χ3v) is 4.44. The maximum absolute atomic E-state index is 13.2. The fourth-order valence-electron chi connectivity index (χ4n) is 3.03.